The van der Waals surface area contributed by atoms with Crippen molar-refractivity contribution in [1.82, 2.24) is 4.31 Å². The predicted octanol–water partition coefficient (Wildman–Crippen LogP) is 4.81. The molecule has 1 aromatic rings. The van der Waals surface area contributed by atoms with Gasteiger partial charge in [0.2, 0.25) is 10.0 Å². The van der Waals surface area contributed by atoms with Crippen molar-refractivity contribution in [3.05, 3.63) is 59.2 Å². The Morgan fingerprint density at radius 3 is 2.31 bits per heavy atom. The van der Waals surface area contributed by atoms with E-state index in [2.05, 4.69) is 40.4 Å². The fourth-order valence-electron chi connectivity index (χ4n) is 3.65. The van der Waals surface area contributed by atoms with Crippen LogP contribution in [0.3, 0.4) is 0 Å². The molecule has 9 nitrogen and oxygen atoms in total. The average Bonchev–Trinajstić information content (AvgIpc) is 2.91. The number of ether oxygens (including phenoxy) is 1. The third-order valence-corrected chi connectivity index (χ3v) is 12.9. The first-order valence-electron chi connectivity index (χ1n) is 11.5. The minimum atomic E-state index is -4.02. The van der Waals surface area contributed by atoms with E-state index in [9.17, 15) is 23.3 Å². The smallest absolute Gasteiger partial charge is 0.303 e. The van der Waals surface area contributed by atoms with Gasteiger partial charge in [-0.2, -0.15) is 4.31 Å². The summed E-state index contributed by atoms with van der Waals surface area (Å²) < 4.78 is 40.6. The second kappa shape index (κ2) is 11.1. The van der Waals surface area contributed by atoms with Gasteiger partial charge in [-0.05, 0) is 42.8 Å². The molecule has 1 aromatic carbocycles. The van der Waals surface area contributed by atoms with Crippen molar-refractivity contribution in [3.8, 4) is 0 Å². The third kappa shape index (κ3) is 7.32. The number of nitro groups is 1. The van der Waals surface area contributed by atoms with Gasteiger partial charge in [-0.25, -0.2) is 8.42 Å². The van der Waals surface area contributed by atoms with E-state index >= 15 is 0 Å². The minimum Gasteiger partial charge on any atom is -0.458 e. The molecule has 3 atom stereocenters. The number of nitrogens with zero attached hydrogens (tertiary/aromatic N) is 2. The van der Waals surface area contributed by atoms with Crippen LogP contribution in [0.2, 0.25) is 18.1 Å². The lowest BCUT2D eigenvalue weighted by Gasteiger charge is -2.40. The number of hydrogen-bond donors (Lipinski definition) is 0. The molecule has 0 heterocycles. The van der Waals surface area contributed by atoms with E-state index in [-0.39, 0.29) is 28.3 Å². The zero-order valence-corrected chi connectivity index (χ0v) is 23.1. The summed E-state index contributed by atoms with van der Waals surface area (Å²) in [6.45, 7) is 15.7. The fourth-order valence-corrected chi connectivity index (χ4v) is 6.60. The molecule has 1 aliphatic carbocycles. The lowest BCUT2D eigenvalue weighted by molar-refractivity contribution is -0.384. The second-order valence-corrected chi connectivity index (χ2v) is 16.8. The van der Waals surface area contributed by atoms with Crippen LogP contribution in [0.5, 0.6) is 0 Å². The molecule has 2 rings (SSSR count). The summed E-state index contributed by atoms with van der Waals surface area (Å²) in [5.41, 5.74) is -0.194. The number of sulfonamides is 1. The van der Waals surface area contributed by atoms with Gasteiger partial charge < -0.3 is 9.16 Å². The van der Waals surface area contributed by atoms with Gasteiger partial charge in [-0.1, -0.05) is 32.9 Å². The van der Waals surface area contributed by atoms with Crippen LogP contribution < -0.4 is 0 Å². The largest absolute Gasteiger partial charge is 0.458 e. The van der Waals surface area contributed by atoms with Crippen molar-refractivity contribution in [1.29, 1.82) is 0 Å². The van der Waals surface area contributed by atoms with E-state index in [0.717, 1.165) is 0 Å². The van der Waals surface area contributed by atoms with Gasteiger partial charge in [0.1, 0.15) is 6.10 Å². The normalized spacial score (nSPS) is 21.4. The summed E-state index contributed by atoms with van der Waals surface area (Å²) in [4.78, 5) is 22.0. The lowest BCUT2D eigenvalue weighted by atomic mass is 10.1. The second-order valence-electron chi connectivity index (χ2n) is 10.2. The van der Waals surface area contributed by atoms with E-state index in [0.29, 0.717) is 12.8 Å². The third-order valence-electron chi connectivity index (χ3n) is 6.47. The highest BCUT2D eigenvalue weighted by Gasteiger charge is 2.42. The highest BCUT2D eigenvalue weighted by molar-refractivity contribution is 7.89. The Morgan fingerprint density at radius 2 is 1.83 bits per heavy atom. The first-order valence-corrected chi connectivity index (χ1v) is 15.8. The maximum Gasteiger partial charge on any atom is 0.303 e. The zero-order valence-electron chi connectivity index (χ0n) is 21.3. The van der Waals surface area contributed by atoms with Crippen LogP contribution in [0.25, 0.3) is 0 Å². The topological polar surface area (TPSA) is 116 Å². The Kier molecular flexibility index (Phi) is 9.20. The molecule has 0 spiro atoms. The minimum absolute atomic E-state index is 0.0272. The van der Waals surface area contributed by atoms with Gasteiger partial charge in [0.05, 0.1) is 15.9 Å². The van der Waals surface area contributed by atoms with Crippen molar-refractivity contribution in [2.45, 2.75) is 81.8 Å². The molecule has 194 valence electrons. The molecule has 0 unspecified atom stereocenters. The number of rotatable bonds is 9. The number of carbonyl (C=O) groups excluding carboxylic acids is 1. The van der Waals surface area contributed by atoms with Gasteiger partial charge in [-0.3, -0.25) is 14.9 Å². The van der Waals surface area contributed by atoms with E-state index in [1.54, 1.807) is 12.2 Å². The fraction of sp³-hybridized carbons (Fsp3) is 0.542. The van der Waals surface area contributed by atoms with Gasteiger partial charge >= 0.3 is 5.97 Å². The summed E-state index contributed by atoms with van der Waals surface area (Å²) >= 11 is 0. The molecular weight excluding hydrogens is 488 g/mol. The first-order chi connectivity index (χ1) is 16.1. The van der Waals surface area contributed by atoms with Crippen molar-refractivity contribution >= 4 is 30.0 Å². The van der Waals surface area contributed by atoms with Crippen LogP contribution in [-0.2, 0) is 24.0 Å². The number of benzene rings is 1. The van der Waals surface area contributed by atoms with Gasteiger partial charge in [-0.15, -0.1) is 6.58 Å². The Bertz CT molecular complexity index is 1060. The Hall–Kier alpha value is -2.34. The van der Waals surface area contributed by atoms with Crippen molar-refractivity contribution in [3.63, 3.8) is 0 Å². The number of carbonyl (C=O) groups is 1. The van der Waals surface area contributed by atoms with Crippen LogP contribution in [0.1, 0.15) is 40.5 Å². The lowest BCUT2D eigenvalue weighted by Crippen LogP contribution is -2.47. The Morgan fingerprint density at radius 1 is 1.23 bits per heavy atom. The summed E-state index contributed by atoms with van der Waals surface area (Å²) in [6, 6.07) is 4.21. The summed E-state index contributed by atoms with van der Waals surface area (Å²) in [6.07, 6.45) is 4.82. The van der Waals surface area contributed by atoms with Gasteiger partial charge in [0, 0.05) is 38.1 Å². The van der Waals surface area contributed by atoms with Crippen molar-refractivity contribution < 1.29 is 27.3 Å². The Labute approximate surface area is 209 Å². The first kappa shape index (κ1) is 28.9. The number of non-ortho nitro benzene ring substituents is 1. The van der Waals surface area contributed by atoms with Gasteiger partial charge in [0.15, 0.2) is 8.32 Å². The summed E-state index contributed by atoms with van der Waals surface area (Å²) in [5.74, 6) is -0.425. The molecule has 11 heteroatoms. The quantitative estimate of drug-likeness (QED) is 0.150. The predicted molar refractivity (Wildman–Crippen MR) is 137 cm³/mol. The molecule has 35 heavy (non-hydrogen) atoms. The van der Waals surface area contributed by atoms with Crippen LogP contribution in [0.4, 0.5) is 5.69 Å². The van der Waals surface area contributed by atoms with E-state index in [1.807, 2.05) is 0 Å². The van der Waals surface area contributed by atoms with E-state index in [1.165, 1.54) is 41.6 Å². The number of esters is 1. The highest BCUT2D eigenvalue weighted by Crippen LogP contribution is 2.39. The molecule has 0 amide bonds. The molecule has 0 radical (unpaired) electrons. The molecule has 0 saturated heterocycles. The molecular formula is C24H36N2O7SSi. The van der Waals surface area contributed by atoms with Crippen molar-refractivity contribution in [2.24, 2.45) is 0 Å². The molecule has 0 aromatic heterocycles. The number of nitro benzene ring substituents is 1. The standard InChI is InChI=1S/C24H36N2O7SSi/c1-8-15-25(34(30,31)23-13-10-19(11-14-23)26(28)29)20-9-12-21(32-18(2)27)17-22(16-20)33-35(6,7)24(3,4)5/h8-14,20-22H,1,15-17H2,2-7H3/t20-,21-,22+/m1/s1. The summed E-state index contributed by atoms with van der Waals surface area (Å²) in [7, 11) is -6.24. The molecule has 1 aliphatic rings. The molecule has 0 aliphatic heterocycles. The van der Waals surface area contributed by atoms with E-state index < -0.39 is 41.4 Å². The number of hydrogen-bond acceptors (Lipinski definition) is 7. The van der Waals surface area contributed by atoms with Crippen LogP contribution in [0.15, 0.2) is 54.0 Å². The molecule has 0 fully saturated rings. The van der Waals surface area contributed by atoms with E-state index in [4.69, 9.17) is 9.16 Å². The van der Waals surface area contributed by atoms with Gasteiger partial charge in [0.25, 0.3) is 5.69 Å². The molecule has 0 N–H and O–H groups in total. The van der Waals surface area contributed by atoms with Crippen molar-refractivity contribution in [2.75, 3.05) is 6.54 Å². The van der Waals surface area contributed by atoms with Crippen LogP contribution >= 0.6 is 0 Å². The monoisotopic (exact) mass is 524 g/mol. The maximum atomic E-state index is 13.6. The van der Waals surface area contributed by atoms with Crippen LogP contribution in [-0.4, -0.2) is 56.7 Å². The highest BCUT2D eigenvalue weighted by atomic mass is 32.2. The maximum absolute atomic E-state index is 13.6. The average molecular weight is 525 g/mol. The Balaban J connectivity index is 2.46. The zero-order chi connectivity index (χ0) is 26.6. The molecule has 0 bridgehead atoms. The molecule has 0 saturated carbocycles. The SMILES string of the molecule is C=CCN([C@@H]1C=C[C@@H](OC(C)=O)C[C@@H](O[Si](C)(C)C(C)(C)C)C1)S(=O)(=O)c1ccc([N+](=O)[O-])cc1. The summed E-state index contributed by atoms with van der Waals surface area (Å²) in [5, 5.41) is 10.9. The van der Waals surface area contributed by atoms with Crippen LogP contribution in [0, 0.1) is 10.1 Å².